The number of hydrogen-bond acceptors (Lipinski definition) is 5. The monoisotopic (exact) mass is 425 g/mol. The first-order valence-corrected chi connectivity index (χ1v) is 15.1. The normalized spacial score (nSPS) is 13.7. The van der Waals surface area contributed by atoms with Crippen molar-refractivity contribution in [2.45, 2.75) is 38.2 Å². The van der Waals surface area contributed by atoms with Gasteiger partial charge in [-0.2, -0.15) is 0 Å². The van der Waals surface area contributed by atoms with Gasteiger partial charge in [0.2, 0.25) is 0 Å². The first-order valence-electron chi connectivity index (χ1n) is 7.30. The Balaban J connectivity index is 3.08. The Morgan fingerprint density at radius 3 is 2.45 bits per heavy atom. The van der Waals surface area contributed by atoms with Crippen LogP contribution in [0.1, 0.15) is 38.6 Å². The van der Waals surface area contributed by atoms with Gasteiger partial charge in [-0.15, -0.1) is 0 Å². The molecule has 0 amide bonds. The van der Waals surface area contributed by atoms with Crippen LogP contribution in [0.3, 0.4) is 0 Å². The van der Waals surface area contributed by atoms with Gasteiger partial charge in [0.1, 0.15) is 0 Å². The van der Waals surface area contributed by atoms with Crippen molar-refractivity contribution in [3.05, 3.63) is 16.3 Å². The molecule has 0 aliphatic heterocycles. The maximum absolute atomic E-state index is 6.28. The van der Waals surface area contributed by atoms with Gasteiger partial charge in [0, 0.05) is 0 Å². The van der Waals surface area contributed by atoms with Gasteiger partial charge < -0.3 is 0 Å². The van der Waals surface area contributed by atoms with Crippen molar-refractivity contribution in [3.63, 3.8) is 0 Å². The van der Waals surface area contributed by atoms with Gasteiger partial charge in [-0.25, -0.2) is 0 Å². The second-order valence-electron chi connectivity index (χ2n) is 4.55. The van der Waals surface area contributed by atoms with Crippen LogP contribution in [-0.4, -0.2) is 43.9 Å². The molecule has 0 aliphatic carbocycles. The van der Waals surface area contributed by atoms with Crippen molar-refractivity contribution < 1.29 is 6.15 Å². The standard InChI is InChI=1S/C6H8NS.C4H9S.2C2H5O.Sn/c1-5(7)6-3-2-4-8-6;1-3-5-4-2;2*1-2-3;/h2,4-5H,7H2,1H3;1,3-4H2,2H3;2*2H2,1H3;/q;;2*-1;+2. The number of thioether (sulfide) groups is 1. The maximum atomic E-state index is 6.28. The molecule has 0 saturated carbocycles. The second-order valence-corrected chi connectivity index (χ2v) is 15.8. The summed E-state index contributed by atoms with van der Waals surface area (Å²) in [6.45, 7) is 9.82. The van der Waals surface area contributed by atoms with E-state index < -0.39 is 19.2 Å². The van der Waals surface area contributed by atoms with Crippen molar-refractivity contribution in [1.29, 1.82) is 0 Å². The average molecular weight is 424 g/mol. The fraction of sp³-hybridized carbons (Fsp3) is 0.714. The zero-order valence-corrected chi connectivity index (χ0v) is 17.5. The SMILES string of the molecule is CC[O][Sn]([CH2]CSCC)([O]CC)[c]1ccsc1C(C)N. The molecule has 1 aromatic rings. The van der Waals surface area contributed by atoms with Crippen molar-refractivity contribution in [2.24, 2.45) is 5.73 Å². The van der Waals surface area contributed by atoms with Crippen molar-refractivity contribution in [1.82, 2.24) is 0 Å². The van der Waals surface area contributed by atoms with Crippen LogP contribution in [0.25, 0.3) is 0 Å². The van der Waals surface area contributed by atoms with Gasteiger partial charge >= 0.3 is 137 Å². The van der Waals surface area contributed by atoms with Crippen LogP contribution in [-0.2, 0) is 6.15 Å². The van der Waals surface area contributed by atoms with Gasteiger partial charge in [-0.1, -0.05) is 0 Å². The molecule has 0 aromatic carbocycles. The van der Waals surface area contributed by atoms with Crippen LogP contribution in [0.15, 0.2) is 11.4 Å². The molecule has 1 aromatic heterocycles. The molecular formula is C14H27NO2S2Sn. The van der Waals surface area contributed by atoms with Crippen LogP contribution in [0, 0.1) is 0 Å². The Labute approximate surface area is 136 Å². The minimum absolute atomic E-state index is 0.0563. The van der Waals surface area contributed by atoms with Crippen molar-refractivity contribution in [2.75, 3.05) is 24.7 Å². The first-order chi connectivity index (χ1) is 9.61. The molecule has 3 nitrogen and oxygen atoms in total. The van der Waals surface area contributed by atoms with Gasteiger partial charge in [0.15, 0.2) is 0 Å². The van der Waals surface area contributed by atoms with E-state index in [0.29, 0.717) is 0 Å². The van der Waals surface area contributed by atoms with Gasteiger partial charge in [-0.05, 0) is 0 Å². The predicted octanol–water partition coefficient (Wildman–Crippen LogP) is 3.24. The van der Waals surface area contributed by atoms with Crippen LogP contribution in [0.5, 0.6) is 0 Å². The number of thiophene rings is 1. The molecule has 1 rings (SSSR count). The zero-order valence-electron chi connectivity index (χ0n) is 13.0. The zero-order chi connectivity index (χ0) is 15.0. The molecule has 0 bridgehead atoms. The molecule has 0 spiro atoms. The molecule has 116 valence electrons. The molecule has 1 unspecified atom stereocenters. The molecule has 0 aliphatic rings. The van der Waals surface area contributed by atoms with E-state index in [1.165, 1.54) is 8.46 Å². The van der Waals surface area contributed by atoms with E-state index in [9.17, 15) is 0 Å². The van der Waals surface area contributed by atoms with E-state index in [2.05, 4.69) is 32.2 Å². The first kappa shape index (κ1) is 18.8. The molecule has 0 fully saturated rings. The second kappa shape index (κ2) is 9.69. The molecule has 0 radical (unpaired) electrons. The van der Waals surface area contributed by atoms with Gasteiger partial charge in [0.05, 0.1) is 0 Å². The Hall–Kier alpha value is 0.729. The fourth-order valence-electron chi connectivity index (χ4n) is 2.28. The van der Waals surface area contributed by atoms with E-state index in [1.54, 1.807) is 11.3 Å². The topological polar surface area (TPSA) is 44.5 Å². The van der Waals surface area contributed by atoms with Gasteiger partial charge in [0.25, 0.3) is 0 Å². The summed E-state index contributed by atoms with van der Waals surface area (Å²) in [5.41, 5.74) is 6.13. The molecule has 2 N–H and O–H groups in total. The summed E-state index contributed by atoms with van der Waals surface area (Å²) in [7, 11) is 0. The average Bonchev–Trinajstić information content (AvgIpc) is 2.89. The Morgan fingerprint density at radius 1 is 1.30 bits per heavy atom. The number of nitrogens with two attached hydrogens (primary N) is 1. The van der Waals surface area contributed by atoms with E-state index in [1.807, 2.05) is 18.7 Å². The molecule has 1 heterocycles. The van der Waals surface area contributed by atoms with Gasteiger partial charge in [-0.3, -0.25) is 0 Å². The summed E-state index contributed by atoms with van der Waals surface area (Å²) in [6, 6.07) is 2.25. The van der Waals surface area contributed by atoms with Crippen LogP contribution < -0.4 is 9.31 Å². The number of rotatable bonds is 10. The third kappa shape index (κ3) is 4.88. The Kier molecular flexibility index (Phi) is 9.09. The Bertz CT molecular complexity index is 379. The quantitative estimate of drug-likeness (QED) is 0.463. The van der Waals surface area contributed by atoms with Crippen LogP contribution in [0.2, 0.25) is 4.44 Å². The molecule has 6 heteroatoms. The van der Waals surface area contributed by atoms with E-state index >= 15 is 0 Å². The van der Waals surface area contributed by atoms with Crippen LogP contribution >= 0.6 is 23.1 Å². The summed E-state index contributed by atoms with van der Waals surface area (Å²) in [5.74, 6) is 2.25. The third-order valence-corrected chi connectivity index (χ3v) is 17.1. The summed E-state index contributed by atoms with van der Waals surface area (Å²) in [4.78, 5) is 1.25. The predicted molar refractivity (Wildman–Crippen MR) is 93.4 cm³/mol. The summed E-state index contributed by atoms with van der Waals surface area (Å²) in [5, 5.41) is 2.13. The van der Waals surface area contributed by atoms with E-state index in [0.717, 1.165) is 29.2 Å². The molecular weight excluding hydrogens is 397 g/mol. The molecule has 20 heavy (non-hydrogen) atoms. The Morgan fingerprint density at radius 2 is 1.95 bits per heavy atom. The van der Waals surface area contributed by atoms with Crippen LogP contribution in [0.4, 0.5) is 0 Å². The number of hydrogen-bond donors (Lipinski definition) is 1. The summed E-state index contributed by atoms with van der Waals surface area (Å²) in [6.07, 6.45) is 0. The summed E-state index contributed by atoms with van der Waals surface area (Å²) >= 11 is 0.469. The van der Waals surface area contributed by atoms with Crippen molar-refractivity contribution >= 4 is 45.9 Å². The minimum atomic E-state index is -3.23. The van der Waals surface area contributed by atoms with E-state index in [-0.39, 0.29) is 6.04 Å². The molecule has 0 saturated heterocycles. The fourth-order valence-corrected chi connectivity index (χ4v) is 17.2. The van der Waals surface area contributed by atoms with E-state index in [4.69, 9.17) is 11.9 Å². The van der Waals surface area contributed by atoms with Crippen molar-refractivity contribution in [3.8, 4) is 0 Å². The summed E-state index contributed by atoms with van der Waals surface area (Å²) < 4.78 is 14.9. The molecule has 1 atom stereocenters. The third-order valence-electron chi connectivity index (χ3n) is 3.05.